The Morgan fingerprint density at radius 1 is 1.08 bits per heavy atom. The van der Waals surface area contributed by atoms with Gasteiger partial charge in [0, 0.05) is 11.7 Å². The number of carbonyl (C=O) groups excluding carboxylic acids is 3. The van der Waals surface area contributed by atoms with E-state index in [0.29, 0.717) is 5.69 Å². The SMILES string of the molecule is CC(C)NC(=O)C(C)OC(=O)c1cccc(NC(=O)OC(C)(C)C)c1. The van der Waals surface area contributed by atoms with Crippen molar-refractivity contribution in [1.82, 2.24) is 5.32 Å². The van der Waals surface area contributed by atoms with Crippen LogP contribution in [0.1, 0.15) is 51.9 Å². The average Bonchev–Trinajstić information content (AvgIpc) is 2.44. The molecule has 0 saturated carbocycles. The predicted molar refractivity (Wildman–Crippen MR) is 94.5 cm³/mol. The minimum absolute atomic E-state index is 0.0463. The van der Waals surface area contributed by atoms with Crippen LogP contribution in [-0.2, 0) is 14.3 Å². The molecule has 0 aliphatic rings. The van der Waals surface area contributed by atoms with E-state index in [1.165, 1.54) is 19.1 Å². The number of rotatable bonds is 5. The summed E-state index contributed by atoms with van der Waals surface area (Å²) in [5.41, 5.74) is -0.0134. The van der Waals surface area contributed by atoms with Crippen molar-refractivity contribution >= 4 is 23.7 Å². The molecule has 0 spiro atoms. The summed E-state index contributed by atoms with van der Waals surface area (Å²) in [6, 6.07) is 6.17. The standard InChI is InChI=1S/C18H26N2O5/c1-11(2)19-15(21)12(3)24-16(22)13-8-7-9-14(10-13)20-17(23)25-18(4,5)6/h7-12H,1-6H3,(H,19,21)(H,20,23). The molecule has 0 fully saturated rings. The average molecular weight is 350 g/mol. The summed E-state index contributed by atoms with van der Waals surface area (Å²) in [5.74, 6) is -1.02. The van der Waals surface area contributed by atoms with Crippen molar-refractivity contribution in [3.05, 3.63) is 29.8 Å². The number of carbonyl (C=O) groups is 3. The van der Waals surface area contributed by atoms with Crippen molar-refractivity contribution in [3.63, 3.8) is 0 Å². The molecule has 2 N–H and O–H groups in total. The van der Waals surface area contributed by atoms with E-state index in [4.69, 9.17) is 9.47 Å². The lowest BCUT2D eigenvalue weighted by Gasteiger charge is -2.19. The summed E-state index contributed by atoms with van der Waals surface area (Å²) in [5, 5.41) is 5.22. The summed E-state index contributed by atoms with van der Waals surface area (Å²) in [6.07, 6.45) is -1.54. The van der Waals surface area contributed by atoms with Gasteiger partial charge < -0.3 is 14.8 Å². The number of benzene rings is 1. The Morgan fingerprint density at radius 2 is 1.72 bits per heavy atom. The molecule has 1 unspecified atom stereocenters. The van der Waals surface area contributed by atoms with Crippen molar-refractivity contribution in [2.75, 3.05) is 5.32 Å². The van der Waals surface area contributed by atoms with E-state index in [2.05, 4.69) is 10.6 Å². The van der Waals surface area contributed by atoms with E-state index in [1.54, 1.807) is 32.9 Å². The lowest BCUT2D eigenvalue weighted by molar-refractivity contribution is -0.129. The highest BCUT2D eigenvalue weighted by Gasteiger charge is 2.20. The molecule has 2 amide bonds. The fraction of sp³-hybridized carbons (Fsp3) is 0.500. The zero-order chi connectivity index (χ0) is 19.2. The molecule has 138 valence electrons. The van der Waals surface area contributed by atoms with Crippen molar-refractivity contribution in [3.8, 4) is 0 Å². The van der Waals surface area contributed by atoms with Gasteiger partial charge in [-0.15, -0.1) is 0 Å². The maximum atomic E-state index is 12.2. The Kier molecular flexibility index (Phi) is 6.97. The molecule has 7 heteroatoms. The molecule has 1 aromatic carbocycles. The van der Waals surface area contributed by atoms with Gasteiger partial charge in [-0.25, -0.2) is 9.59 Å². The van der Waals surface area contributed by atoms with Gasteiger partial charge in [-0.2, -0.15) is 0 Å². The topological polar surface area (TPSA) is 93.7 Å². The predicted octanol–water partition coefficient (Wildman–Crippen LogP) is 3.10. The first-order valence-electron chi connectivity index (χ1n) is 8.09. The second-order valence-corrected chi connectivity index (χ2v) is 6.92. The van der Waals surface area contributed by atoms with Gasteiger partial charge in [-0.1, -0.05) is 6.07 Å². The maximum absolute atomic E-state index is 12.2. The molecule has 1 atom stereocenters. The maximum Gasteiger partial charge on any atom is 0.412 e. The van der Waals surface area contributed by atoms with Crippen LogP contribution < -0.4 is 10.6 Å². The van der Waals surface area contributed by atoms with Crippen LogP contribution in [0.4, 0.5) is 10.5 Å². The second-order valence-electron chi connectivity index (χ2n) is 6.92. The Balaban J connectivity index is 2.72. The van der Waals surface area contributed by atoms with Gasteiger partial charge in [0.1, 0.15) is 5.60 Å². The highest BCUT2D eigenvalue weighted by Crippen LogP contribution is 2.15. The lowest BCUT2D eigenvalue weighted by atomic mass is 10.2. The summed E-state index contributed by atoms with van der Waals surface area (Å²) in [6.45, 7) is 10.4. The fourth-order valence-corrected chi connectivity index (χ4v) is 1.83. The molecule has 25 heavy (non-hydrogen) atoms. The number of nitrogens with one attached hydrogen (secondary N) is 2. The number of anilines is 1. The molecular weight excluding hydrogens is 324 g/mol. The monoisotopic (exact) mass is 350 g/mol. The molecule has 1 aromatic rings. The van der Waals surface area contributed by atoms with E-state index < -0.39 is 23.8 Å². The molecule has 0 bridgehead atoms. The largest absolute Gasteiger partial charge is 0.449 e. The smallest absolute Gasteiger partial charge is 0.412 e. The first-order chi connectivity index (χ1) is 11.5. The molecule has 1 rings (SSSR count). The van der Waals surface area contributed by atoms with Gasteiger partial charge in [-0.05, 0) is 59.7 Å². The minimum Gasteiger partial charge on any atom is -0.449 e. The van der Waals surface area contributed by atoms with Crippen LogP contribution in [0.5, 0.6) is 0 Å². The van der Waals surface area contributed by atoms with Crippen LogP contribution in [0.15, 0.2) is 24.3 Å². The van der Waals surface area contributed by atoms with Gasteiger partial charge in [0.2, 0.25) is 0 Å². The molecule has 0 radical (unpaired) electrons. The molecule has 0 aliphatic heterocycles. The van der Waals surface area contributed by atoms with Crippen molar-refractivity contribution in [1.29, 1.82) is 0 Å². The highest BCUT2D eigenvalue weighted by atomic mass is 16.6. The number of ether oxygens (including phenoxy) is 2. The van der Waals surface area contributed by atoms with Crippen LogP contribution in [0, 0.1) is 0 Å². The molecule has 0 heterocycles. The van der Waals surface area contributed by atoms with E-state index in [-0.39, 0.29) is 17.5 Å². The molecule has 7 nitrogen and oxygen atoms in total. The third-order valence-electron chi connectivity index (χ3n) is 2.83. The zero-order valence-corrected chi connectivity index (χ0v) is 15.5. The summed E-state index contributed by atoms with van der Waals surface area (Å²) in [7, 11) is 0. The molecular formula is C18H26N2O5. The minimum atomic E-state index is -0.919. The number of hydrogen-bond donors (Lipinski definition) is 2. The highest BCUT2D eigenvalue weighted by molar-refractivity contribution is 5.94. The quantitative estimate of drug-likeness (QED) is 0.796. The van der Waals surface area contributed by atoms with Gasteiger partial charge in [0.25, 0.3) is 5.91 Å². The van der Waals surface area contributed by atoms with Crippen molar-refractivity contribution in [2.45, 2.75) is 59.3 Å². The van der Waals surface area contributed by atoms with Gasteiger partial charge >= 0.3 is 12.1 Å². The Labute approximate surface area is 148 Å². The van der Waals surface area contributed by atoms with Crippen LogP contribution >= 0.6 is 0 Å². The van der Waals surface area contributed by atoms with E-state index in [1.807, 2.05) is 13.8 Å². The van der Waals surface area contributed by atoms with Crippen LogP contribution in [0.25, 0.3) is 0 Å². The Hall–Kier alpha value is -2.57. The van der Waals surface area contributed by atoms with Crippen LogP contribution in [0.2, 0.25) is 0 Å². The van der Waals surface area contributed by atoms with E-state index in [9.17, 15) is 14.4 Å². The van der Waals surface area contributed by atoms with Gasteiger partial charge in [0.05, 0.1) is 5.56 Å². The normalized spacial score (nSPS) is 12.3. The van der Waals surface area contributed by atoms with E-state index >= 15 is 0 Å². The second kappa shape index (κ2) is 8.50. The lowest BCUT2D eigenvalue weighted by Crippen LogP contribution is -2.39. The fourth-order valence-electron chi connectivity index (χ4n) is 1.83. The van der Waals surface area contributed by atoms with Crippen LogP contribution in [0.3, 0.4) is 0 Å². The van der Waals surface area contributed by atoms with E-state index in [0.717, 1.165) is 0 Å². The number of amides is 2. The third-order valence-corrected chi connectivity index (χ3v) is 2.83. The number of hydrogen-bond acceptors (Lipinski definition) is 5. The van der Waals surface area contributed by atoms with Crippen LogP contribution in [-0.4, -0.2) is 35.7 Å². The third kappa shape index (κ3) is 7.69. The summed E-state index contributed by atoms with van der Waals surface area (Å²) in [4.78, 5) is 35.7. The molecule has 0 aliphatic carbocycles. The van der Waals surface area contributed by atoms with Crippen molar-refractivity contribution in [2.24, 2.45) is 0 Å². The Morgan fingerprint density at radius 3 is 2.28 bits per heavy atom. The molecule has 0 aromatic heterocycles. The Bertz CT molecular complexity index is 635. The van der Waals surface area contributed by atoms with Crippen molar-refractivity contribution < 1.29 is 23.9 Å². The summed E-state index contributed by atoms with van der Waals surface area (Å²) >= 11 is 0. The van der Waals surface area contributed by atoms with Gasteiger partial charge in [0.15, 0.2) is 6.10 Å². The molecule has 0 saturated heterocycles. The van der Waals surface area contributed by atoms with Gasteiger partial charge in [-0.3, -0.25) is 10.1 Å². The number of esters is 1. The zero-order valence-electron chi connectivity index (χ0n) is 15.5. The first kappa shape index (κ1) is 20.5. The summed E-state index contributed by atoms with van der Waals surface area (Å²) < 4.78 is 10.3. The first-order valence-corrected chi connectivity index (χ1v) is 8.09.